The first-order valence-electron chi connectivity index (χ1n) is 29.2. The van der Waals surface area contributed by atoms with Gasteiger partial charge >= 0.3 is 18.0 Å². The van der Waals surface area contributed by atoms with Crippen LogP contribution >= 0.6 is 0 Å². The van der Waals surface area contributed by atoms with E-state index < -0.39 is 0 Å². The van der Waals surface area contributed by atoms with Crippen LogP contribution in [0.15, 0.2) is 0 Å². The zero-order valence-electron chi connectivity index (χ0n) is 45.4. The largest absolute Gasteiger partial charge is 0.462 e. The number of nitrogens with zero attached hydrogens (tertiary/aromatic N) is 2. The highest BCUT2D eigenvalue weighted by molar-refractivity contribution is 5.70. The molecule has 0 N–H and O–H groups in total. The van der Waals surface area contributed by atoms with Gasteiger partial charge in [-0.15, -0.1) is 0 Å². The Morgan fingerprint density at radius 3 is 0.924 bits per heavy atom. The molecule has 8 heteroatoms. The molecule has 0 rings (SSSR count). The number of carbonyl (C=O) groups is 3. The number of rotatable bonds is 51. The van der Waals surface area contributed by atoms with Crippen LogP contribution in [-0.4, -0.2) is 79.9 Å². The van der Waals surface area contributed by atoms with Crippen molar-refractivity contribution in [3.8, 4) is 0 Å². The van der Waals surface area contributed by atoms with Crippen molar-refractivity contribution in [2.45, 2.75) is 323 Å². The molecular formula is C58H114N2O6. The van der Waals surface area contributed by atoms with Gasteiger partial charge in [0.1, 0.15) is 18.3 Å². The van der Waals surface area contributed by atoms with E-state index in [1.807, 2.05) is 4.90 Å². The van der Waals surface area contributed by atoms with Crippen molar-refractivity contribution in [3.63, 3.8) is 0 Å². The zero-order chi connectivity index (χ0) is 48.6. The Hall–Kier alpha value is -1.83. The monoisotopic (exact) mass is 935 g/mol. The molecule has 0 heterocycles. The van der Waals surface area contributed by atoms with Gasteiger partial charge in [0, 0.05) is 32.5 Å². The number of carbonyl (C=O) groups excluding carboxylic acids is 3. The molecule has 0 fully saturated rings. The predicted octanol–water partition coefficient (Wildman–Crippen LogP) is 17.7. The minimum atomic E-state index is -0.137. The number of unbranched alkanes of at least 4 members (excludes halogenated alkanes) is 27. The summed E-state index contributed by atoms with van der Waals surface area (Å²) in [7, 11) is 4.14. The van der Waals surface area contributed by atoms with Gasteiger partial charge in [0.15, 0.2) is 0 Å². The summed E-state index contributed by atoms with van der Waals surface area (Å²) in [5.41, 5.74) is 0. The van der Waals surface area contributed by atoms with E-state index in [2.05, 4.69) is 53.6 Å². The van der Waals surface area contributed by atoms with E-state index in [1.165, 1.54) is 103 Å². The SMILES string of the molecule is CCCCCCCCN(CCN(C)C)C(=O)OC(CCCCCCCCC(=O)OC(CCCCCC)CCCCCC)CCCCCCCCC(=O)OC(CCCCCC)CCCCCC. The summed E-state index contributed by atoms with van der Waals surface area (Å²) < 4.78 is 18.4. The van der Waals surface area contributed by atoms with E-state index in [4.69, 9.17) is 14.2 Å². The molecule has 0 spiro atoms. The molecule has 1 amide bonds. The number of esters is 2. The van der Waals surface area contributed by atoms with Crippen LogP contribution in [0.3, 0.4) is 0 Å². The van der Waals surface area contributed by atoms with Crippen molar-refractivity contribution >= 4 is 18.0 Å². The third-order valence-electron chi connectivity index (χ3n) is 13.6. The van der Waals surface area contributed by atoms with Crippen LogP contribution in [0.2, 0.25) is 0 Å². The lowest BCUT2D eigenvalue weighted by atomic mass is 10.0. The number of ether oxygens (including phenoxy) is 3. The van der Waals surface area contributed by atoms with Gasteiger partial charge in [0.25, 0.3) is 0 Å². The van der Waals surface area contributed by atoms with Gasteiger partial charge in [-0.25, -0.2) is 4.79 Å². The van der Waals surface area contributed by atoms with Gasteiger partial charge in [0.05, 0.1) is 0 Å². The van der Waals surface area contributed by atoms with E-state index >= 15 is 0 Å². The van der Waals surface area contributed by atoms with Crippen molar-refractivity contribution in [1.29, 1.82) is 0 Å². The molecule has 0 aliphatic rings. The number of hydrogen-bond donors (Lipinski definition) is 0. The summed E-state index contributed by atoms with van der Waals surface area (Å²) in [6.45, 7) is 13.5. The molecule has 0 aromatic carbocycles. The number of hydrogen-bond acceptors (Lipinski definition) is 7. The normalized spacial score (nSPS) is 11.7. The van der Waals surface area contributed by atoms with Gasteiger partial charge in [-0.1, -0.05) is 195 Å². The molecule has 8 nitrogen and oxygen atoms in total. The molecule has 0 saturated carbocycles. The average Bonchev–Trinajstić information content (AvgIpc) is 3.30. The third kappa shape index (κ3) is 43.5. The molecule has 0 atom stereocenters. The van der Waals surface area contributed by atoms with Gasteiger partial charge < -0.3 is 24.0 Å². The first kappa shape index (κ1) is 64.2. The Morgan fingerprint density at radius 1 is 0.318 bits per heavy atom. The first-order valence-corrected chi connectivity index (χ1v) is 29.2. The Labute approximate surface area is 411 Å². The fourth-order valence-corrected chi connectivity index (χ4v) is 9.08. The summed E-state index contributed by atoms with van der Waals surface area (Å²) in [6, 6.07) is 0. The summed E-state index contributed by atoms with van der Waals surface area (Å²) in [5.74, 6) is -0.00601. The maximum atomic E-state index is 13.7. The molecule has 0 unspecified atom stereocenters. The van der Waals surface area contributed by atoms with E-state index in [0.29, 0.717) is 19.4 Å². The van der Waals surface area contributed by atoms with Gasteiger partial charge in [0.2, 0.25) is 0 Å². The van der Waals surface area contributed by atoms with Crippen LogP contribution in [0.5, 0.6) is 0 Å². The first-order chi connectivity index (χ1) is 32.2. The lowest BCUT2D eigenvalue weighted by Crippen LogP contribution is -2.39. The van der Waals surface area contributed by atoms with Gasteiger partial charge in [-0.05, 0) is 110 Å². The molecule has 66 heavy (non-hydrogen) atoms. The fraction of sp³-hybridized carbons (Fsp3) is 0.948. The zero-order valence-corrected chi connectivity index (χ0v) is 45.4. The van der Waals surface area contributed by atoms with Crippen LogP contribution in [0.1, 0.15) is 304 Å². The van der Waals surface area contributed by atoms with Crippen molar-refractivity contribution in [2.75, 3.05) is 33.7 Å². The summed E-state index contributed by atoms with van der Waals surface area (Å²) in [6.07, 6.45) is 46.6. The lowest BCUT2D eigenvalue weighted by Gasteiger charge is -2.27. The van der Waals surface area contributed by atoms with Gasteiger partial charge in [-0.3, -0.25) is 9.59 Å². The van der Waals surface area contributed by atoms with E-state index in [-0.39, 0.29) is 36.3 Å². The second-order valence-electron chi connectivity index (χ2n) is 20.5. The smallest absolute Gasteiger partial charge is 0.410 e. The highest BCUT2D eigenvalue weighted by atomic mass is 16.6. The number of likely N-dealkylation sites (N-methyl/N-ethyl adjacent to an activating group) is 1. The molecule has 0 bridgehead atoms. The van der Waals surface area contributed by atoms with E-state index in [9.17, 15) is 14.4 Å². The van der Waals surface area contributed by atoms with Gasteiger partial charge in [-0.2, -0.15) is 0 Å². The molecule has 0 aromatic rings. The second-order valence-corrected chi connectivity index (χ2v) is 20.5. The molecule has 0 saturated heterocycles. The Morgan fingerprint density at radius 2 is 0.591 bits per heavy atom. The van der Waals surface area contributed by atoms with Crippen LogP contribution < -0.4 is 0 Å². The molecule has 392 valence electrons. The summed E-state index contributed by atoms with van der Waals surface area (Å²) in [4.78, 5) is 43.4. The minimum absolute atomic E-state index is 0.00300. The standard InChI is InChI=1S/C58H114N2O6/c1-8-13-18-23-32-41-50-60(52-51-59(6)7)58(63)66-55(46-37-28-24-26-30-39-48-56(61)64-53(42-33-19-14-9-2)43-34-20-15-10-3)47-38-29-25-27-31-40-49-57(62)65-54(44-35-21-16-11-4)45-36-22-17-12-5/h53-55H,8-52H2,1-7H3. The van der Waals surface area contributed by atoms with Crippen molar-refractivity contribution < 1.29 is 28.6 Å². The Balaban J connectivity index is 4.97. The Bertz CT molecular complexity index is 973. The lowest BCUT2D eigenvalue weighted by molar-refractivity contribution is -0.151. The highest BCUT2D eigenvalue weighted by Crippen LogP contribution is 2.22. The molecule has 0 aromatic heterocycles. The van der Waals surface area contributed by atoms with Crippen molar-refractivity contribution in [2.24, 2.45) is 0 Å². The maximum Gasteiger partial charge on any atom is 0.410 e. The minimum Gasteiger partial charge on any atom is -0.462 e. The third-order valence-corrected chi connectivity index (χ3v) is 13.6. The second kappa shape index (κ2) is 49.6. The van der Waals surface area contributed by atoms with Crippen molar-refractivity contribution in [3.05, 3.63) is 0 Å². The van der Waals surface area contributed by atoms with E-state index in [0.717, 1.165) is 167 Å². The Kier molecular flexibility index (Phi) is 48.2. The molecule has 0 radical (unpaired) electrons. The average molecular weight is 936 g/mol. The maximum absolute atomic E-state index is 13.7. The van der Waals surface area contributed by atoms with Crippen LogP contribution in [0.25, 0.3) is 0 Å². The molecule has 0 aliphatic carbocycles. The van der Waals surface area contributed by atoms with Crippen LogP contribution in [0.4, 0.5) is 4.79 Å². The topological polar surface area (TPSA) is 85.4 Å². The predicted molar refractivity (Wildman–Crippen MR) is 282 cm³/mol. The van der Waals surface area contributed by atoms with Crippen LogP contribution in [-0.2, 0) is 23.8 Å². The van der Waals surface area contributed by atoms with Crippen molar-refractivity contribution in [1.82, 2.24) is 9.80 Å². The van der Waals surface area contributed by atoms with E-state index in [1.54, 1.807) is 0 Å². The summed E-state index contributed by atoms with van der Waals surface area (Å²) in [5, 5.41) is 0. The highest BCUT2D eigenvalue weighted by Gasteiger charge is 2.21. The number of amides is 1. The van der Waals surface area contributed by atoms with Crippen LogP contribution in [0, 0.1) is 0 Å². The fourth-order valence-electron chi connectivity index (χ4n) is 9.08. The summed E-state index contributed by atoms with van der Waals surface area (Å²) >= 11 is 0. The molecule has 0 aliphatic heterocycles. The molecular weight excluding hydrogens is 821 g/mol. The quantitative estimate of drug-likeness (QED) is 0.0341.